The van der Waals surface area contributed by atoms with Crippen LogP contribution in [-0.2, 0) is 10.0 Å². The highest BCUT2D eigenvalue weighted by atomic mass is 32.2. The smallest absolute Gasteiger partial charge is 0.208 e. The SMILES string of the molecule is C=C/C=C/C=C/CNS(C)(=O)=O. The van der Waals surface area contributed by atoms with Gasteiger partial charge in [0.05, 0.1) is 6.26 Å². The van der Waals surface area contributed by atoms with Gasteiger partial charge in [0.1, 0.15) is 0 Å². The highest BCUT2D eigenvalue weighted by molar-refractivity contribution is 7.88. The van der Waals surface area contributed by atoms with Gasteiger partial charge >= 0.3 is 0 Å². The average molecular weight is 187 g/mol. The first-order chi connectivity index (χ1) is 5.56. The van der Waals surface area contributed by atoms with Crippen molar-refractivity contribution in [3.05, 3.63) is 37.0 Å². The van der Waals surface area contributed by atoms with Gasteiger partial charge in [-0.3, -0.25) is 0 Å². The lowest BCUT2D eigenvalue weighted by atomic mass is 10.4. The molecule has 0 rings (SSSR count). The summed E-state index contributed by atoms with van der Waals surface area (Å²) in [4.78, 5) is 0. The maximum Gasteiger partial charge on any atom is 0.208 e. The molecule has 0 aliphatic rings. The second kappa shape index (κ2) is 5.74. The van der Waals surface area contributed by atoms with Gasteiger partial charge in [0.25, 0.3) is 0 Å². The predicted octanol–water partition coefficient (Wildman–Crippen LogP) is 0.834. The molecule has 0 fully saturated rings. The van der Waals surface area contributed by atoms with Crippen molar-refractivity contribution in [2.75, 3.05) is 12.8 Å². The molecule has 3 nitrogen and oxygen atoms in total. The number of allylic oxidation sites excluding steroid dienone is 4. The zero-order chi connectivity index (χ0) is 9.45. The lowest BCUT2D eigenvalue weighted by Gasteiger charge is -1.94. The van der Waals surface area contributed by atoms with Crippen LogP contribution in [0.3, 0.4) is 0 Å². The van der Waals surface area contributed by atoms with Crippen molar-refractivity contribution in [1.82, 2.24) is 4.72 Å². The van der Waals surface area contributed by atoms with Crippen molar-refractivity contribution in [2.45, 2.75) is 0 Å². The van der Waals surface area contributed by atoms with Crippen LogP contribution in [0.2, 0.25) is 0 Å². The Morgan fingerprint density at radius 1 is 1.33 bits per heavy atom. The Labute approximate surface area is 73.5 Å². The van der Waals surface area contributed by atoms with E-state index in [0.717, 1.165) is 6.26 Å². The fraction of sp³-hybridized carbons (Fsp3) is 0.250. The highest BCUT2D eigenvalue weighted by Gasteiger charge is 1.94. The average Bonchev–Trinajstić information content (AvgIpc) is 1.94. The molecule has 0 aromatic heterocycles. The van der Waals surface area contributed by atoms with Crippen molar-refractivity contribution in [3.63, 3.8) is 0 Å². The van der Waals surface area contributed by atoms with Gasteiger partial charge in [0, 0.05) is 6.54 Å². The molecular formula is C8H13NO2S. The van der Waals surface area contributed by atoms with E-state index < -0.39 is 10.0 Å². The van der Waals surface area contributed by atoms with Crippen LogP contribution in [-0.4, -0.2) is 21.2 Å². The van der Waals surface area contributed by atoms with Crippen LogP contribution in [0.5, 0.6) is 0 Å². The zero-order valence-corrected chi connectivity index (χ0v) is 7.84. The molecule has 0 saturated carbocycles. The summed E-state index contributed by atoms with van der Waals surface area (Å²) in [6, 6.07) is 0. The summed E-state index contributed by atoms with van der Waals surface area (Å²) in [5.41, 5.74) is 0. The monoisotopic (exact) mass is 187 g/mol. The number of sulfonamides is 1. The van der Waals surface area contributed by atoms with E-state index in [1.807, 2.05) is 0 Å². The van der Waals surface area contributed by atoms with E-state index in [1.165, 1.54) is 0 Å². The van der Waals surface area contributed by atoms with Crippen molar-refractivity contribution < 1.29 is 8.42 Å². The second-order valence-electron chi connectivity index (χ2n) is 2.17. The standard InChI is InChI=1S/C8H13NO2S/c1-3-4-5-6-7-8-9-12(2,10)11/h3-7,9H,1,8H2,2H3/b5-4+,7-6+. The molecule has 0 unspecified atom stereocenters. The molecule has 0 bridgehead atoms. The van der Waals surface area contributed by atoms with E-state index in [4.69, 9.17) is 0 Å². The van der Waals surface area contributed by atoms with E-state index in [-0.39, 0.29) is 0 Å². The summed E-state index contributed by atoms with van der Waals surface area (Å²) in [5.74, 6) is 0. The molecule has 12 heavy (non-hydrogen) atoms. The van der Waals surface area contributed by atoms with E-state index in [9.17, 15) is 8.42 Å². The van der Waals surface area contributed by atoms with Gasteiger partial charge in [-0.2, -0.15) is 0 Å². The van der Waals surface area contributed by atoms with Crippen molar-refractivity contribution in [3.8, 4) is 0 Å². The third-order valence-corrected chi connectivity index (χ3v) is 1.65. The second-order valence-corrected chi connectivity index (χ2v) is 4.00. The van der Waals surface area contributed by atoms with Crippen LogP contribution in [0.15, 0.2) is 37.0 Å². The van der Waals surface area contributed by atoms with E-state index in [0.29, 0.717) is 6.54 Å². The largest absolute Gasteiger partial charge is 0.213 e. The Kier molecular flexibility index (Phi) is 5.32. The third kappa shape index (κ3) is 9.13. The summed E-state index contributed by atoms with van der Waals surface area (Å²) in [7, 11) is -3.06. The molecule has 0 radical (unpaired) electrons. The van der Waals surface area contributed by atoms with Crippen LogP contribution >= 0.6 is 0 Å². The van der Waals surface area contributed by atoms with Crippen molar-refractivity contribution in [2.24, 2.45) is 0 Å². The van der Waals surface area contributed by atoms with Crippen molar-refractivity contribution in [1.29, 1.82) is 0 Å². The summed E-state index contributed by atoms with van der Waals surface area (Å²) in [6.07, 6.45) is 9.77. The highest BCUT2D eigenvalue weighted by Crippen LogP contribution is 1.78. The van der Waals surface area contributed by atoms with Crippen LogP contribution in [0.4, 0.5) is 0 Å². The Morgan fingerprint density at radius 3 is 2.50 bits per heavy atom. The molecule has 0 spiro atoms. The van der Waals surface area contributed by atoms with Gasteiger partial charge in [-0.1, -0.05) is 37.0 Å². The molecule has 0 saturated heterocycles. The molecule has 68 valence electrons. The maximum atomic E-state index is 10.5. The third-order valence-electron chi connectivity index (χ3n) is 0.958. The molecule has 0 heterocycles. The van der Waals surface area contributed by atoms with E-state index in [1.54, 1.807) is 30.4 Å². The topological polar surface area (TPSA) is 46.2 Å². The lowest BCUT2D eigenvalue weighted by molar-refractivity contribution is 0.592. The number of nitrogens with one attached hydrogen (secondary N) is 1. The maximum absolute atomic E-state index is 10.5. The van der Waals surface area contributed by atoms with Crippen LogP contribution in [0.1, 0.15) is 0 Å². The number of rotatable bonds is 5. The fourth-order valence-electron chi connectivity index (χ4n) is 0.489. The Bertz CT molecular complexity index is 275. The first-order valence-electron chi connectivity index (χ1n) is 3.45. The molecular weight excluding hydrogens is 174 g/mol. The summed E-state index contributed by atoms with van der Waals surface area (Å²) < 4.78 is 23.4. The molecule has 1 N–H and O–H groups in total. The Hall–Kier alpha value is -0.870. The lowest BCUT2D eigenvalue weighted by Crippen LogP contribution is -2.21. The Morgan fingerprint density at radius 2 is 2.00 bits per heavy atom. The minimum Gasteiger partial charge on any atom is -0.213 e. The van der Waals surface area contributed by atoms with Gasteiger partial charge in [-0.05, 0) is 0 Å². The molecule has 0 aromatic rings. The normalized spacial score (nSPS) is 12.8. The molecule has 0 aliphatic heterocycles. The summed E-state index contributed by atoms with van der Waals surface area (Å²) >= 11 is 0. The molecule has 4 heteroatoms. The fourth-order valence-corrected chi connectivity index (χ4v) is 0.888. The van der Waals surface area contributed by atoms with Gasteiger partial charge in [0.2, 0.25) is 10.0 Å². The van der Waals surface area contributed by atoms with Crippen LogP contribution in [0.25, 0.3) is 0 Å². The molecule has 0 atom stereocenters. The molecule has 0 aliphatic carbocycles. The van der Waals surface area contributed by atoms with Crippen LogP contribution in [0, 0.1) is 0 Å². The molecule has 0 aromatic carbocycles. The number of hydrogen-bond donors (Lipinski definition) is 1. The first kappa shape index (κ1) is 11.1. The summed E-state index contributed by atoms with van der Waals surface area (Å²) in [6.45, 7) is 3.81. The minimum atomic E-state index is -3.06. The van der Waals surface area contributed by atoms with Gasteiger partial charge in [0.15, 0.2) is 0 Å². The van der Waals surface area contributed by atoms with Crippen LogP contribution < -0.4 is 4.72 Å². The number of hydrogen-bond acceptors (Lipinski definition) is 2. The van der Waals surface area contributed by atoms with Crippen molar-refractivity contribution >= 4 is 10.0 Å². The predicted molar refractivity (Wildman–Crippen MR) is 51.3 cm³/mol. The van der Waals surface area contributed by atoms with E-state index in [2.05, 4.69) is 11.3 Å². The molecule has 0 amide bonds. The van der Waals surface area contributed by atoms with Gasteiger partial charge < -0.3 is 0 Å². The van der Waals surface area contributed by atoms with Gasteiger partial charge in [-0.15, -0.1) is 0 Å². The minimum absolute atomic E-state index is 0.320. The zero-order valence-electron chi connectivity index (χ0n) is 7.03. The summed E-state index contributed by atoms with van der Waals surface area (Å²) in [5, 5.41) is 0. The first-order valence-corrected chi connectivity index (χ1v) is 5.34. The van der Waals surface area contributed by atoms with Gasteiger partial charge in [-0.25, -0.2) is 13.1 Å². The van der Waals surface area contributed by atoms with E-state index >= 15 is 0 Å². The quantitative estimate of drug-likeness (QED) is 0.648. The Balaban J connectivity index is 3.63.